The molecule has 1 amide bonds. The Hall–Kier alpha value is -2.87. The number of aromatic nitrogens is 1. The average molecular weight is 396 g/mol. The van der Waals surface area contributed by atoms with Gasteiger partial charge in [-0.3, -0.25) is 10.3 Å². The second kappa shape index (κ2) is 10.1. The highest BCUT2D eigenvalue weighted by atomic mass is 16.6. The lowest BCUT2D eigenvalue weighted by Crippen LogP contribution is -2.27. The zero-order valence-electron chi connectivity index (χ0n) is 18.9. The molecule has 5 heteroatoms. The lowest BCUT2D eigenvalue weighted by atomic mass is 9.90. The van der Waals surface area contributed by atoms with Gasteiger partial charge < -0.3 is 4.74 Å². The summed E-state index contributed by atoms with van der Waals surface area (Å²) in [5.41, 5.74) is 3.05. The second-order valence-corrected chi connectivity index (χ2v) is 8.46. The van der Waals surface area contributed by atoms with Crippen LogP contribution in [0, 0.1) is 11.3 Å². The molecule has 0 radical (unpaired) electrons. The lowest BCUT2D eigenvalue weighted by molar-refractivity contribution is 0.0636. The molecule has 2 rings (SSSR count). The highest BCUT2D eigenvalue weighted by Gasteiger charge is 2.22. The lowest BCUT2D eigenvalue weighted by Gasteiger charge is -2.23. The number of amides is 1. The van der Waals surface area contributed by atoms with Gasteiger partial charge in [0, 0.05) is 16.7 Å². The Morgan fingerprint density at radius 2 is 1.69 bits per heavy atom. The molecule has 1 aromatic carbocycles. The van der Waals surface area contributed by atoms with E-state index in [1.165, 1.54) is 0 Å². The summed E-state index contributed by atoms with van der Waals surface area (Å²) in [6.45, 7) is 15.7. The summed E-state index contributed by atoms with van der Waals surface area (Å²) in [6, 6.07) is 13.6. The quantitative estimate of drug-likeness (QED) is 0.645. The van der Waals surface area contributed by atoms with Gasteiger partial charge in [-0.25, -0.2) is 4.79 Å². The van der Waals surface area contributed by atoms with Crippen molar-refractivity contribution in [2.75, 3.05) is 5.32 Å². The van der Waals surface area contributed by atoms with Crippen molar-refractivity contribution in [2.24, 2.45) is 0 Å². The highest BCUT2D eigenvalue weighted by Crippen LogP contribution is 2.32. The van der Waals surface area contributed by atoms with Gasteiger partial charge in [0.15, 0.2) is 0 Å². The van der Waals surface area contributed by atoms with Crippen molar-refractivity contribution in [3.8, 4) is 17.3 Å². The maximum Gasteiger partial charge on any atom is 0.412 e. The van der Waals surface area contributed by atoms with E-state index >= 15 is 0 Å². The smallest absolute Gasteiger partial charge is 0.412 e. The van der Waals surface area contributed by atoms with Crippen LogP contribution in [0.15, 0.2) is 36.4 Å². The molecule has 0 unspecified atom stereocenters. The summed E-state index contributed by atoms with van der Waals surface area (Å²) in [7, 11) is 0. The molecular weight excluding hydrogens is 362 g/mol. The van der Waals surface area contributed by atoms with E-state index in [4.69, 9.17) is 15.0 Å². The Kier molecular flexibility index (Phi) is 8.39. The normalized spacial score (nSPS) is 11.0. The molecule has 1 heterocycles. The average Bonchev–Trinajstić information content (AvgIpc) is 2.62. The van der Waals surface area contributed by atoms with Crippen LogP contribution in [0.1, 0.15) is 66.6 Å². The molecule has 0 saturated carbocycles. The van der Waals surface area contributed by atoms with Gasteiger partial charge in [-0.15, -0.1) is 0 Å². The molecule has 29 heavy (non-hydrogen) atoms. The molecule has 0 aliphatic rings. The Morgan fingerprint density at radius 3 is 2.24 bits per heavy atom. The Balaban J connectivity index is 0.00000204. The number of ether oxygens (including phenoxy) is 1. The van der Waals surface area contributed by atoms with Gasteiger partial charge in [0.2, 0.25) is 0 Å². The molecule has 0 aliphatic carbocycles. The third-order valence-electron chi connectivity index (χ3n) is 3.84. The molecule has 5 nitrogen and oxygen atoms in total. The van der Waals surface area contributed by atoms with Crippen molar-refractivity contribution in [3.63, 3.8) is 0 Å². The summed E-state index contributed by atoms with van der Waals surface area (Å²) in [5.74, 6) is 0. The molecule has 0 saturated heterocycles. The summed E-state index contributed by atoms with van der Waals surface area (Å²) >= 11 is 0. The topological polar surface area (TPSA) is 75.0 Å². The van der Waals surface area contributed by atoms with Crippen LogP contribution < -0.4 is 5.32 Å². The summed E-state index contributed by atoms with van der Waals surface area (Å²) in [4.78, 5) is 17.1. The molecule has 0 spiro atoms. The number of nitrogens with one attached hydrogen (secondary N) is 1. The minimum absolute atomic E-state index is 0.149. The number of anilines is 1. The number of hydrogen-bond donors (Lipinski definition) is 1. The molecule has 156 valence electrons. The van der Waals surface area contributed by atoms with Crippen molar-refractivity contribution < 1.29 is 9.53 Å². The maximum absolute atomic E-state index is 12.3. The van der Waals surface area contributed by atoms with Gasteiger partial charge in [0.1, 0.15) is 5.60 Å². The SMILES string of the molecule is CC.CC(C)(C)OC(=O)Nc1ccc(C(C)(C)C)nc1-c1ccccc1CC#N. The predicted molar refractivity (Wildman–Crippen MR) is 119 cm³/mol. The molecular formula is C24H33N3O2. The summed E-state index contributed by atoms with van der Waals surface area (Å²) < 4.78 is 5.38. The van der Waals surface area contributed by atoms with Gasteiger partial charge in [-0.1, -0.05) is 58.9 Å². The van der Waals surface area contributed by atoms with E-state index in [-0.39, 0.29) is 11.8 Å². The van der Waals surface area contributed by atoms with Crippen LogP contribution in [0.4, 0.5) is 10.5 Å². The van der Waals surface area contributed by atoms with Crippen LogP contribution >= 0.6 is 0 Å². The molecule has 1 aromatic heterocycles. The zero-order chi connectivity index (χ0) is 22.2. The molecule has 0 bridgehead atoms. The minimum Gasteiger partial charge on any atom is -0.444 e. The van der Waals surface area contributed by atoms with E-state index in [2.05, 4.69) is 32.2 Å². The van der Waals surface area contributed by atoms with Crippen molar-refractivity contribution in [3.05, 3.63) is 47.7 Å². The van der Waals surface area contributed by atoms with Crippen LogP contribution in [-0.4, -0.2) is 16.7 Å². The minimum atomic E-state index is -0.595. The van der Waals surface area contributed by atoms with Gasteiger partial charge in [0.05, 0.1) is 23.9 Å². The number of nitriles is 1. The van der Waals surface area contributed by atoms with Crippen LogP contribution in [0.2, 0.25) is 0 Å². The van der Waals surface area contributed by atoms with Crippen LogP contribution in [0.5, 0.6) is 0 Å². The fraction of sp³-hybridized carbons (Fsp3) is 0.458. The largest absolute Gasteiger partial charge is 0.444 e. The van der Waals surface area contributed by atoms with Gasteiger partial charge in [-0.2, -0.15) is 5.26 Å². The molecule has 2 aromatic rings. The first-order valence-electron chi connectivity index (χ1n) is 9.98. The zero-order valence-corrected chi connectivity index (χ0v) is 18.9. The number of nitrogens with zero attached hydrogens (tertiary/aromatic N) is 2. The number of pyridine rings is 1. The number of rotatable bonds is 3. The van der Waals surface area contributed by atoms with E-state index < -0.39 is 11.7 Å². The third kappa shape index (κ3) is 7.23. The number of benzene rings is 1. The van der Waals surface area contributed by atoms with Gasteiger partial charge in [0.25, 0.3) is 0 Å². The van der Waals surface area contributed by atoms with Crippen molar-refractivity contribution >= 4 is 11.8 Å². The van der Waals surface area contributed by atoms with E-state index in [0.29, 0.717) is 11.4 Å². The maximum atomic E-state index is 12.3. The highest BCUT2D eigenvalue weighted by molar-refractivity contribution is 5.91. The van der Waals surface area contributed by atoms with E-state index in [1.54, 1.807) is 0 Å². The Labute approximate surface area is 175 Å². The summed E-state index contributed by atoms with van der Waals surface area (Å²) in [6.07, 6.45) is -0.268. The third-order valence-corrected chi connectivity index (χ3v) is 3.84. The van der Waals surface area contributed by atoms with Gasteiger partial charge >= 0.3 is 6.09 Å². The first-order valence-corrected chi connectivity index (χ1v) is 9.98. The fourth-order valence-corrected chi connectivity index (χ4v) is 2.59. The van der Waals surface area contributed by atoms with Crippen molar-refractivity contribution in [1.29, 1.82) is 5.26 Å². The second-order valence-electron chi connectivity index (χ2n) is 8.46. The standard InChI is InChI=1S/C22H27N3O2.C2H6/c1-21(2,3)18-12-11-17(24-20(26)27-22(4,5)6)19(25-18)16-10-8-7-9-15(16)13-14-23;1-2/h7-12H,13H2,1-6H3,(H,24,26);1-2H3. The van der Waals surface area contributed by atoms with Crippen molar-refractivity contribution in [2.45, 2.75) is 72.8 Å². The number of carbonyl (C=O) groups is 1. The Bertz CT molecular complexity index is 869. The van der Waals surface area contributed by atoms with Crippen LogP contribution in [0.3, 0.4) is 0 Å². The van der Waals surface area contributed by atoms with Crippen LogP contribution in [0.25, 0.3) is 11.3 Å². The van der Waals surface area contributed by atoms with Crippen LogP contribution in [-0.2, 0) is 16.6 Å². The number of carbonyl (C=O) groups excluding carboxylic acids is 1. The number of hydrogen-bond acceptors (Lipinski definition) is 4. The van der Waals surface area contributed by atoms with E-state index in [9.17, 15) is 4.79 Å². The fourth-order valence-electron chi connectivity index (χ4n) is 2.59. The van der Waals surface area contributed by atoms with Gasteiger partial charge in [-0.05, 0) is 38.5 Å². The predicted octanol–water partition coefficient (Wildman–Crippen LogP) is 6.49. The monoisotopic (exact) mass is 395 g/mol. The first-order chi connectivity index (χ1) is 13.5. The molecule has 0 atom stereocenters. The Morgan fingerprint density at radius 1 is 1.07 bits per heavy atom. The molecule has 0 fully saturated rings. The van der Waals surface area contributed by atoms with Crippen molar-refractivity contribution in [1.82, 2.24) is 4.98 Å². The molecule has 0 aliphatic heterocycles. The van der Waals surface area contributed by atoms with E-state index in [1.807, 2.05) is 71.0 Å². The summed E-state index contributed by atoms with van der Waals surface area (Å²) in [5, 5.41) is 12.0. The molecule has 1 N–H and O–H groups in total. The van der Waals surface area contributed by atoms with E-state index in [0.717, 1.165) is 16.8 Å². The first kappa shape index (κ1) is 24.2.